The van der Waals surface area contributed by atoms with Gasteiger partial charge in [0.2, 0.25) is 5.95 Å². The zero-order valence-corrected chi connectivity index (χ0v) is 15.7. The molecule has 1 N–H and O–H groups in total. The van der Waals surface area contributed by atoms with Crippen LogP contribution >= 0.6 is 0 Å². The summed E-state index contributed by atoms with van der Waals surface area (Å²) >= 11 is 0. The van der Waals surface area contributed by atoms with E-state index in [1.54, 1.807) is 47.5 Å². The van der Waals surface area contributed by atoms with Gasteiger partial charge in [-0.05, 0) is 42.5 Å². The van der Waals surface area contributed by atoms with Gasteiger partial charge in [0.25, 0.3) is 0 Å². The van der Waals surface area contributed by atoms with Crippen molar-refractivity contribution in [1.29, 1.82) is 0 Å². The van der Waals surface area contributed by atoms with Crippen LogP contribution in [-0.2, 0) is 9.84 Å². The largest absolute Gasteiger partial charge is 0.324 e. The van der Waals surface area contributed by atoms with Crippen molar-refractivity contribution in [3.8, 4) is 16.9 Å². The summed E-state index contributed by atoms with van der Waals surface area (Å²) in [5.41, 5.74) is 3.03. The van der Waals surface area contributed by atoms with Crippen molar-refractivity contribution in [3.05, 3.63) is 73.2 Å². The van der Waals surface area contributed by atoms with E-state index in [2.05, 4.69) is 25.6 Å². The van der Waals surface area contributed by atoms with E-state index >= 15 is 0 Å². The Hall–Kier alpha value is -3.59. The summed E-state index contributed by atoms with van der Waals surface area (Å²) in [6, 6.07) is 16.0. The molecule has 9 heteroatoms. The zero-order valence-electron chi connectivity index (χ0n) is 14.9. The van der Waals surface area contributed by atoms with E-state index in [-0.39, 0.29) is 4.90 Å². The molecule has 0 aliphatic carbocycles. The van der Waals surface area contributed by atoms with Crippen LogP contribution in [0.2, 0.25) is 0 Å². The average Bonchev–Trinajstić information content (AvgIpc) is 3.23. The Kier molecular flexibility index (Phi) is 4.58. The molecular weight excluding hydrogens is 376 g/mol. The van der Waals surface area contributed by atoms with Gasteiger partial charge in [0.05, 0.1) is 28.7 Å². The third-order valence-corrected chi connectivity index (χ3v) is 5.13. The second-order valence-corrected chi connectivity index (χ2v) is 8.10. The molecule has 0 aliphatic heterocycles. The highest BCUT2D eigenvalue weighted by molar-refractivity contribution is 7.90. The fourth-order valence-corrected chi connectivity index (χ4v) is 3.31. The van der Waals surface area contributed by atoms with E-state index in [1.807, 2.05) is 30.3 Å². The maximum atomic E-state index is 11.8. The normalized spacial score (nSPS) is 11.3. The van der Waals surface area contributed by atoms with Gasteiger partial charge in [0, 0.05) is 23.7 Å². The lowest BCUT2D eigenvalue weighted by molar-refractivity contribution is 0.602. The fraction of sp³-hybridized carbons (Fsp3) is 0.0526. The standard InChI is InChI=1S/C19H16N6O2S/c1-28(26,27)17-4-2-3-14(13-17)18-9-10-20-19(23-18)22-15-5-7-16(8-6-15)25-12-11-21-24-25/h2-13H,1H3,(H,20,22,23). The van der Waals surface area contributed by atoms with Crippen LogP contribution in [0.15, 0.2) is 78.1 Å². The minimum atomic E-state index is -3.29. The number of rotatable bonds is 5. The van der Waals surface area contributed by atoms with E-state index in [0.717, 1.165) is 11.4 Å². The molecule has 0 fully saturated rings. The highest BCUT2D eigenvalue weighted by Crippen LogP contribution is 2.22. The van der Waals surface area contributed by atoms with Gasteiger partial charge >= 0.3 is 0 Å². The van der Waals surface area contributed by atoms with Crippen LogP contribution in [0.5, 0.6) is 0 Å². The summed E-state index contributed by atoms with van der Waals surface area (Å²) in [5.74, 6) is 0.413. The maximum absolute atomic E-state index is 11.8. The first-order valence-corrected chi connectivity index (χ1v) is 10.3. The second-order valence-electron chi connectivity index (χ2n) is 6.08. The smallest absolute Gasteiger partial charge is 0.227 e. The SMILES string of the molecule is CS(=O)(=O)c1cccc(-c2ccnc(Nc3ccc(-n4ccnn4)cc3)n2)c1. The molecule has 140 valence electrons. The van der Waals surface area contributed by atoms with Crippen molar-refractivity contribution in [2.75, 3.05) is 11.6 Å². The van der Waals surface area contributed by atoms with Crippen molar-refractivity contribution in [2.45, 2.75) is 4.90 Å². The highest BCUT2D eigenvalue weighted by Gasteiger charge is 2.10. The Bertz CT molecular complexity index is 1210. The summed E-state index contributed by atoms with van der Waals surface area (Å²) < 4.78 is 25.2. The summed E-state index contributed by atoms with van der Waals surface area (Å²) in [4.78, 5) is 8.98. The lowest BCUT2D eigenvalue weighted by atomic mass is 10.1. The first kappa shape index (κ1) is 17.8. The molecule has 0 atom stereocenters. The van der Waals surface area contributed by atoms with Crippen LogP contribution < -0.4 is 5.32 Å². The molecule has 4 aromatic rings. The number of hydrogen-bond acceptors (Lipinski definition) is 7. The monoisotopic (exact) mass is 392 g/mol. The van der Waals surface area contributed by atoms with Gasteiger partial charge in [-0.1, -0.05) is 17.3 Å². The minimum Gasteiger partial charge on any atom is -0.324 e. The number of benzene rings is 2. The maximum Gasteiger partial charge on any atom is 0.227 e. The number of nitrogens with zero attached hydrogens (tertiary/aromatic N) is 5. The van der Waals surface area contributed by atoms with Gasteiger partial charge in [-0.3, -0.25) is 0 Å². The Morgan fingerprint density at radius 2 is 1.82 bits per heavy atom. The molecule has 4 rings (SSSR count). The molecular formula is C19H16N6O2S. The van der Waals surface area contributed by atoms with E-state index in [0.29, 0.717) is 17.2 Å². The number of nitrogens with one attached hydrogen (secondary N) is 1. The van der Waals surface area contributed by atoms with Crippen molar-refractivity contribution >= 4 is 21.5 Å². The quantitative estimate of drug-likeness (QED) is 0.557. The molecule has 0 bridgehead atoms. The molecule has 2 aromatic heterocycles. The minimum absolute atomic E-state index is 0.252. The van der Waals surface area contributed by atoms with Gasteiger partial charge in [-0.2, -0.15) is 0 Å². The number of sulfone groups is 1. The molecule has 0 aliphatic rings. The summed E-state index contributed by atoms with van der Waals surface area (Å²) in [6.07, 6.45) is 6.19. The first-order valence-electron chi connectivity index (χ1n) is 8.36. The second kappa shape index (κ2) is 7.20. The summed E-state index contributed by atoms with van der Waals surface area (Å²) in [7, 11) is -3.29. The molecule has 0 amide bonds. The Morgan fingerprint density at radius 3 is 2.54 bits per heavy atom. The number of hydrogen-bond donors (Lipinski definition) is 1. The van der Waals surface area contributed by atoms with Gasteiger partial charge in [-0.25, -0.2) is 23.1 Å². The van der Waals surface area contributed by atoms with Gasteiger partial charge in [0.1, 0.15) is 0 Å². The Labute approximate surface area is 161 Å². The molecule has 0 radical (unpaired) electrons. The average molecular weight is 392 g/mol. The molecule has 2 heterocycles. The molecule has 28 heavy (non-hydrogen) atoms. The van der Waals surface area contributed by atoms with E-state index in [1.165, 1.54) is 6.26 Å². The lowest BCUT2D eigenvalue weighted by Gasteiger charge is -2.08. The Balaban J connectivity index is 1.58. The first-order chi connectivity index (χ1) is 13.5. The highest BCUT2D eigenvalue weighted by atomic mass is 32.2. The molecule has 0 saturated carbocycles. The number of aromatic nitrogens is 5. The van der Waals surface area contributed by atoms with Gasteiger partial charge in [0.15, 0.2) is 9.84 Å². The van der Waals surface area contributed by atoms with Crippen LogP contribution in [0.25, 0.3) is 16.9 Å². The van der Waals surface area contributed by atoms with Gasteiger partial charge in [-0.15, -0.1) is 5.10 Å². The molecule has 0 unspecified atom stereocenters. The molecule has 8 nitrogen and oxygen atoms in total. The van der Waals surface area contributed by atoms with Crippen LogP contribution in [0.1, 0.15) is 0 Å². The van der Waals surface area contributed by atoms with E-state index in [4.69, 9.17) is 0 Å². The van der Waals surface area contributed by atoms with Crippen molar-refractivity contribution in [3.63, 3.8) is 0 Å². The van der Waals surface area contributed by atoms with Crippen molar-refractivity contribution in [1.82, 2.24) is 25.0 Å². The zero-order chi connectivity index (χ0) is 19.6. The summed E-state index contributed by atoms with van der Waals surface area (Å²) in [6.45, 7) is 0. The van der Waals surface area contributed by atoms with Crippen LogP contribution in [0, 0.1) is 0 Å². The lowest BCUT2D eigenvalue weighted by Crippen LogP contribution is -2.00. The van der Waals surface area contributed by atoms with Crippen LogP contribution in [-0.4, -0.2) is 39.6 Å². The predicted molar refractivity (Wildman–Crippen MR) is 105 cm³/mol. The topological polar surface area (TPSA) is 103 Å². The van der Waals surface area contributed by atoms with Crippen molar-refractivity contribution in [2.24, 2.45) is 0 Å². The molecule has 0 spiro atoms. The Morgan fingerprint density at radius 1 is 1.00 bits per heavy atom. The van der Waals surface area contributed by atoms with Crippen LogP contribution in [0.3, 0.4) is 0 Å². The van der Waals surface area contributed by atoms with Crippen molar-refractivity contribution < 1.29 is 8.42 Å². The van der Waals surface area contributed by atoms with E-state index in [9.17, 15) is 8.42 Å². The fourth-order valence-electron chi connectivity index (χ4n) is 2.64. The van der Waals surface area contributed by atoms with E-state index < -0.39 is 9.84 Å². The summed E-state index contributed by atoms with van der Waals surface area (Å²) in [5, 5.41) is 10.9. The number of anilines is 2. The molecule has 0 saturated heterocycles. The predicted octanol–water partition coefficient (Wildman–Crippen LogP) is 2.87. The third-order valence-electron chi connectivity index (χ3n) is 4.02. The van der Waals surface area contributed by atoms with Gasteiger partial charge < -0.3 is 5.32 Å². The molecule has 2 aromatic carbocycles. The van der Waals surface area contributed by atoms with Crippen LogP contribution in [0.4, 0.5) is 11.6 Å². The third kappa shape index (κ3) is 3.89.